The maximum Gasteiger partial charge on any atom is 0.146 e. The van der Waals surface area contributed by atoms with Gasteiger partial charge in [-0.1, -0.05) is 6.92 Å². The summed E-state index contributed by atoms with van der Waals surface area (Å²) in [6.45, 7) is 4.45. The van der Waals surface area contributed by atoms with Gasteiger partial charge in [0.2, 0.25) is 0 Å². The molecule has 3 heterocycles. The molecule has 3 rings (SSSR count). The fourth-order valence-corrected chi connectivity index (χ4v) is 2.11. The molecule has 0 atom stereocenters. The molecule has 0 spiro atoms. The normalized spacial score (nSPS) is 10.9. The first kappa shape index (κ1) is 12.6. The molecular formula is C15H16N4O. The summed E-state index contributed by atoms with van der Waals surface area (Å²) in [6.07, 6.45) is 4.34. The van der Waals surface area contributed by atoms with Crippen LogP contribution in [0, 0.1) is 6.92 Å². The van der Waals surface area contributed by atoms with Crippen molar-refractivity contribution in [1.82, 2.24) is 19.9 Å². The minimum atomic E-state index is 0.395. The zero-order chi connectivity index (χ0) is 13.9. The average Bonchev–Trinajstić information content (AvgIpc) is 2.88. The number of rotatable bonds is 4. The van der Waals surface area contributed by atoms with Gasteiger partial charge < -0.3 is 9.72 Å². The highest BCUT2D eigenvalue weighted by molar-refractivity contribution is 5.73. The van der Waals surface area contributed by atoms with Crippen molar-refractivity contribution in [2.24, 2.45) is 0 Å². The molecule has 0 aromatic carbocycles. The first-order valence-electron chi connectivity index (χ1n) is 6.64. The van der Waals surface area contributed by atoms with Crippen molar-refractivity contribution in [2.75, 3.05) is 0 Å². The van der Waals surface area contributed by atoms with Crippen LogP contribution in [0.25, 0.3) is 11.0 Å². The SMILES string of the molecule is CCc1nc(C)ccc1OCc1nc2ccncc2[nH]1. The maximum absolute atomic E-state index is 5.82. The molecule has 0 radical (unpaired) electrons. The minimum absolute atomic E-state index is 0.395. The van der Waals surface area contributed by atoms with Crippen molar-refractivity contribution in [3.63, 3.8) is 0 Å². The number of imidazole rings is 1. The van der Waals surface area contributed by atoms with Crippen molar-refractivity contribution in [2.45, 2.75) is 26.9 Å². The fraction of sp³-hybridized carbons (Fsp3) is 0.267. The third-order valence-corrected chi connectivity index (χ3v) is 3.10. The molecule has 0 aliphatic carbocycles. The Morgan fingerprint density at radius 2 is 2.10 bits per heavy atom. The van der Waals surface area contributed by atoms with Gasteiger partial charge in [-0.25, -0.2) is 4.98 Å². The molecule has 0 fully saturated rings. The lowest BCUT2D eigenvalue weighted by Crippen LogP contribution is -2.02. The summed E-state index contributed by atoms with van der Waals surface area (Å²) in [5, 5.41) is 0. The predicted octanol–water partition coefficient (Wildman–Crippen LogP) is 2.80. The highest BCUT2D eigenvalue weighted by atomic mass is 16.5. The number of aromatic nitrogens is 4. The second-order valence-corrected chi connectivity index (χ2v) is 4.62. The van der Waals surface area contributed by atoms with Crippen LogP contribution in [-0.2, 0) is 13.0 Å². The number of aromatic amines is 1. The van der Waals surface area contributed by atoms with E-state index >= 15 is 0 Å². The van der Waals surface area contributed by atoms with Gasteiger partial charge in [0.15, 0.2) is 0 Å². The third kappa shape index (κ3) is 2.47. The smallest absolute Gasteiger partial charge is 0.146 e. The predicted molar refractivity (Wildman–Crippen MR) is 76.6 cm³/mol. The fourth-order valence-electron chi connectivity index (χ4n) is 2.11. The molecule has 0 saturated carbocycles. The lowest BCUT2D eigenvalue weighted by molar-refractivity contribution is 0.293. The molecule has 0 bridgehead atoms. The molecule has 5 heteroatoms. The topological polar surface area (TPSA) is 63.7 Å². The third-order valence-electron chi connectivity index (χ3n) is 3.10. The average molecular weight is 268 g/mol. The number of aryl methyl sites for hydroxylation is 2. The van der Waals surface area contributed by atoms with E-state index in [1.807, 2.05) is 25.1 Å². The Kier molecular flexibility index (Phi) is 3.33. The Bertz CT molecular complexity index is 703. The molecule has 3 aromatic heterocycles. The molecule has 0 aliphatic heterocycles. The van der Waals surface area contributed by atoms with Crippen molar-refractivity contribution in [1.29, 1.82) is 0 Å². The number of fused-ring (bicyclic) bond motifs is 1. The second-order valence-electron chi connectivity index (χ2n) is 4.62. The maximum atomic E-state index is 5.82. The van der Waals surface area contributed by atoms with E-state index in [0.717, 1.165) is 40.4 Å². The van der Waals surface area contributed by atoms with Gasteiger partial charge in [0.1, 0.15) is 18.2 Å². The largest absolute Gasteiger partial charge is 0.484 e. The first-order chi connectivity index (χ1) is 9.76. The van der Waals surface area contributed by atoms with Crippen molar-refractivity contribution < 1.29 is 4.74 Å². The first-order valence-corrected chi connectivity index (χ1v) is 6.64. The van der Waals surface area contributed by atoms with Crippen LogP contribution in [0.2, 0.25) is 0 Å². The van der Waals surface area contributed by atoms with Gasteiger partial charge in [0.05, 0.1) is 22.9 Å². The van der Waals surface area contributed by atoms with Gasteiger partial charge >= 0.3 is 0 Å². The van der Waals surface area contributed by atoms with Crippen molar-refractivity contribution in [3.8, 4) is 5.75 Å². The Morgan fingerprint density at radius 1 is 1.20 bits per heavy atom. The summed E-state index contributed by atoms with van der Waals surface area (Å²) in [4.78, 5) is 16.2. The van der Waals surface area contributed by atoms with Crippen LogP contribution in [-0.4, -0.2) is 19.9 Å². The van der Waals surface area contributed by atoms with Crippen molar-refractivity contribution in [3.05, 3.63) is 47.8 Å². The van der Waals surface area contributed by atoms with Gasteiger partial charge in [-0.05, 0) is 31.5 Å². The van der Waals surface area contributed by atoms with E-state index < -0.39 is 0 Å². The molecule has 0 saturated heterocycles. The zero-order valence-electron chi connectivity index (χ0n) is 11.6. The number of pyridine rings is 2. The summed E-state index contributed by atoms with van der Waals surface area (Å²) < 4.78 is 5.82. The monoisotopic (exact) mass is 268 g/mol. The van der Waals surface area contributed by atoms with Gasteiger partial charge in [-0.15, -0.1) is 0 Å². The van der Waals surface area contributed by atoms with Crippen molar-refractivity contribution >= 4 is 11.0 Å². The van der Waals surface area contributed by atoms with E-state index in [2.05, 4.69) is 26.9 Å². The number of H-pyrrole nitrogens is 1. The summed E-state index contributed by atoms with van der Waals surface area (Å²) in [6, 6.07) is 5.79. The van der Waals surface area contributed by atoms with E-state index in [1.54, 1.807) is 12.4 Å². The summed E-state index contributed by atoms with van der Waals surface area (Å²) in [5.41, 5.74) is 3.80. The van der Waals surface area contributed by atoms with E-state index in [4.69, 9.17) is 4.74 Å². The molecule has 0 aliphatic rings. The van der Waals surface area contributed by atoms with E-state index in [9.17, 15) is 0 Å². The molecule has 0 unspecified atom stereocenters. The summed E-state index contributed by atoms with van der Waals surface area (Å²) in [7, 11) is 0. The number of nitrogens with zero attached hydrogens (tertiary/aromatic N) is 3. The van der Waals surface area contributed by atoms with Crippen LogP contribution < -0.4 is 4.74 Å². The Hall–Kier alpha value is -2.43. The zero-order valence-corrected chi connectivity index (χ0v) is 11.6. The van der Waals surface area contributed by atoms with Gasteiger partial charge in [0, 0.05) is 11.9 Å². The molecule has 20 heavy (non-hydrogen) atoms. The minimum Gasteiger partial charge on any atom is -0.484 e. The summed E-state index contributed by atoms with van der Waals surface area (Å²) >= 11 is 0. The molecule has 1 N–H and O–H groups in total. The van der Waals surface area contributed by atoms with Crippen LogP contribution in [0.15, 0.2) is 30.6 Å². The highest BCUT2D eigenvalue weighted by Crippen LogP contribution is 2.19. The van der Waals surface area contributed by atoms with E-state index in [-0.39, 0.29) is 0 Å². The lowest BCUT2D eigenvalue weighted by Gasteiger charge is -2.09. The highest BCUT2D eigenvalue weighted by Gasteiger charge is 2.07. The van der Waals surface area contributed by atoms with Crippen LogP contribution in [0.5, 0.6) is 5.75 Å². The van der Waals surface area contributed by atoms with Crippen LogP contribution >= 0.6 is 0 Å². The standard InChI is InChI=1S/C15H16N4O/c1-3-11-14(5-4-10(2)17-11)20-9-15-18-12-6-7-16-8-13(12)19-15/h4-8H,3,9H2,1-2H3,(H,18,19). The number of hydrogen-bond acceptors (Lipinski definition) is 4. The number of hydrogen-bond donors (Lipinski definition) is 1. The summed E-state index contributed by atoms with van der Waals surface area (Å²) in [5.74, 6) is 1.60. The van der Waals surface area contributed by atoms with E-state index in [0.29, 0.717) is 6.61 Å². The van der Waals surface area contributed by atoms with Gasteiger partial charge in [-0.2, -0.15) is 0 Å². The quantitative estimate of drug-likeness (QED) is 0.790. The molecule has 5 nitrogen and oxygen atoms in total. The lowest BCUT2D eigenvalue weighted by atomic mass is 10.2. The Morgan fingerprint density at radius 3 is 2.90 bits per heavy atom. The van der Waals surface area contributed by atoms with E-state index in [1.165, 1.54) is 0 Å². The number of nitrogens with one attached hydrogen (secondary N) is 1. The molecule has 102 valence electrons. The molecule has 3 aromatic rings. The Labute approximate surface area is 117 Å². The Balaban J connectivity index is 1.79. The van der Waals surface area contributed by atoms with Crippen LogP contribution in [0.1, 0.15) is 24.1 Å². The van der Waals surface area contributed by atoms with Crippen LogP contribution in [0.4, 0.5) is 0 Å². The molecular weight excluding hydrogens is 252 g/mol. The van der Waals surface area contributed by atoms with Gasteiger partial charge in [-0.3, -0.25) is 9.97 Å². The molecule has 0 amide bonds. The van der Waals surface area contributed by atoms with Gasteiger partial charge in [0.25, 0.3) is 0 Å². The number of ether oxygens (including phenoxy) is 1. The van der Waals surface area contributed by atoms with Crippen LogP contribution in [0.3, 0.4) is 0 Å². The second kappa shape index (κ2) is 5.28.